The number of hydrogen-bond donors (Lipinski definition) is 0. The lowest BCUT2D eigenvalue weighted by atomic mass is 9.94. The van der Waals surface area contributed by atoms with Gasteiger partial charge in [0.15, 0.2) is 5.82 Å². The maximum absolute atomic E-state index is 5.66. The largest absolute Gasteiger partial charge is 0.474 e. The van der Waals surface area contributed by atoms with Crippen molar-refractivity contribution in [1.29, 1.82) is 0 Å². The van der Waals surface area contributed by atoms with Crippen LogP contribution < -0.4 is 9.64 Å². The smallest absolute Gasteiger partial charge is 0.234 e. The number of ether oxygens (including phenoxy) is 1. The molecule has 1 fully saturated rings. The topological polar surface area (TPSA) is 38.2 Å². The Bertz CT molecular complexity index is 408. The van der Waals surface area contributed by atoms with Crippen molar-refractivity contribution in [2.75, 3.05) is 16.8 Å². The predicted octanol–water partition coefficient (Wildman–Crippen LogP) is 3.80. The van der Waals surface area contributed by atoms with Crippen LogP contribution in [0, 0.1) is 0 Å². The summed E-state index contributed by atoms with van der Waals surface area (Å²) in [6, 6.07) is 0.588. The zero-order valence-electron chi connectivity index (χ0n) is 12.4. The van der Waals surface area contributed by atoms with Gasteiger partial charge >= 0.3 is 0 Å². The van der Waals surface area contributed by atoms with Gasteiger partial charge in [-0.2, -0.15) is 4.98 Å². The minimum atomic E-state index is 0.124. The normalized spacial score (nSPS) is 16.4. The summed E-state index contributed by atoms with van der Waals surface area (Å²) >= 11 is 3.55. The quantitative estimate of drug-likeness (QED) is 0.737. The molecule has 0 aliphatic heterocycles. The highest BCUT2D eigenvalue weighted by Crippen LogP contribution is 2.27. The lowest BCUT2D eigenvalue weighted by Gasteiger charge is -2.34. The van der Waals surface area contributed by atoms with Crippen LogP contribution in [0.3, 0.4) is 0 Å². The summed E-state index contributed by atoms with van der Waals surface area (Å²) in [6.07, 6.45) is 10.2. The Morgan fingerprint density at radius 1 is 1.30 bits per heavy atom. The monoisotopic (exact) mass is 341 g/mol. The maximum Gasteiger partial charge on any atom is 0.234 e. The van der Waals surface area contributed by atoms with E-state index in [9.17, 15) is 0 Å². The van der Waals surface area contributed by atoms with Gasteiger partial charge in [0.1, 0.15) is 0 Å². The predicted molar refractivity (Wildman–Crippen MR) is 85.8 cm³/mol. The third-order valence-corrected chi connectivity index (χ3v) is 3.95. The molecule has 1 heterocycles. The zero-order valence-corrected chi connectivity index (χ0v) is 14.0. The van der Waals surface area contributed by atoms with E-state index in [1.807, 2.05) is 20.0 Å². The van der Waals surface area contributed by atoms with Gasteiger partial charge in [0, 0.05) is 17.9 Å². The van der Waals surface area contributed by atoms with E-state index < -0.39 is 0 Å². The third kappa shape index (κ3) is 4.33. The number of nitrogens with zero attached hydrogens (tertiary/aromatic N) is 3. The lowest BCUT2D eigenvalue weighted by molar-refractivity contribution is 0.231. The van der Waals surface area contributed by atoms with Crippen LogP contribution in [0.2, 0.25) is 0 Å². The number of aromatic nitrogens is 2. The average Bonchev–Trinajstić information content (AvgIpc) is 2.45. The molecule has 0 spiro atoms. The molecule has 0 atom stereocenters. The van der Waals surface area contributed by atoms with Crippen LogP contribution in [0.4, 0.5) is 5.82 Å². The molecule has 0 saturated heterocycles. The maximum atomic E-state index is 5.66. The molecule has 0 amide bonds. The van der Waals surface area contributed by atoms with Crippen molar-refractivity contribution in [3.8, 4) is 5.88 Å². The van der Waals surface area contributed by atoms with E-state index in [-0.39, 0.29) is 6.10 Å². The van der Waals surface area contributed by atoms with Crippen LogP contribution in [0.25, 0.3) is 0 Å². The van der Waals surface area contributed by atoms with Crippen LogP contribution in [-0.2, 0) is 0 Å². The van der Waals surface area contributed by atoms with Crippen LogP contribution in [0.5, 0.6) is 5.88 Å². The van der Waals surface area contributed by atoms with E-state index in [0.717, 1.165) is 17.7 Å². The van der Waals surface area contributed by atoms with Crippen molar-refractivity contribution >= 4 is 21.7 Å². The first-order valence-electron chi connectivity index (χ1n) is 7.52. The summed E-state index contributed by atoms with van der Waals surface area (Å²) in [5.74, 6) is 1.56. The van der Waals surface area contributed by atoms with Gasteiger partial charge in [-0.25, -0.2) is 0 Å². The lowest BCUT2D eigenvalue weighted by Crippen LogP contribution is -2.38. The molecule has 4 nitrogen and oxygen atoms in total. The Morgan fingerprint density at radius 3 is 2.70 bits per heavy atom. The molecule has 5 heteroatoms. The number of alkyl halides is 1. The Labute approximate surface area is 130 Å². The van der Waals surface area contributed by atoms with E-state index in [1.54, 1.807) is 6.20 Å². The second-order valence-electron chi connectivity index (χ2n) is 5.56. The average molecular weight is 342 g/mol. The molecule has 0 radical (unpaired) electrons. The van der Waals surface area contributed by atoms with Gasteiger partial charge in [0.2, 0.25) is 5.88 Å². The first-order chi connectivity index (χ1) is 9.70. The molecule has 0 aromatic carbocycles. The van der Waals surface area contributed by atoms with E-state index in [2.05, 4.69) is 30.8 Å². The highest BCUT2D eigenvalue weighted by Gasteiger charge is 2.22. The number of anilines is 1. The Kier molecular flexibility index (Phi) is 6.07. The van der Waals surface area contributed by atoms with E-state index in [4.69, 9.17) is 4.74 Å². The molecule has 20 heavy (non-hydrogen) atoms. The molecule has 112 valence electrons. The van der Waals surface area contributed by atoms with Gasteiger partial charge in [-0.3, -0.25) is 4.98 Å². The molecule has 0 unspecified atom stereocenters. The van der Waals surface area contributed by atoms with Crippen LogP contribution in [0.1, 0.15) is 46.0 Å². The van der Waals surface area contributed by atoms with Gasteiger partial charge in [-0.15, -0.1) is 0 Å². The van der Waals surface area contributed by atoms with E-state index in [0.29, 0.717) is 11.9 Å². The molecule has 1 aromatic heterocycles. The van der Waals surface area contributed by atoms with E-state index in [1.165, 1.54) is 32.1 Å². The van der Waals surface area contributed by atoms with Crippen molar-refractivity contribution in [2.24, 2.45) is 0 Å². The molecule has 1 aliphatic rings. The molecule has 1 aliphatic carbocycles. The fourth-order valence-electron chi connectivity index (χ4n) is 2.74. The zero-order chi connectivity index (χ0) is 14.4. The molecule has 1 aromatic rings. The van der Waals surface area contributed by atoms with Crippen molar-refractivity contribution < 1.29 is 4.74 Å². The van der Waals surface area contributed by atoms with Crippen LogP contribution in [0.15, 0.2) is 12.4 Å². The molecular weight excluding hydrogens is 318 g/mol. The molecule has 2 rings (SSSR count). The van der Waals surface area contributed by atoms with Crippen LogP contribution in [-0.4, -0.2) is 34.0 Å². The SMILES string of the molecule is CC(C)Oc1cncc(N(CCBr)C2CCCCC2)n1. The fraction of sp³-hybridized carbons (Fsp3) is 0.733. The molecule has 0 bridgehead atoms. The number of halogens is 1. The number of hydrogen-bond acceptors (Lipinski definition) is 4. The summed E-state index contributed by atoms with van der Waals surface area (Å²) in [6.45, 7) is 4.97. The van der Waals surface area contributed by atoms with Gasteiger partial charge in [-0.1, -0.05) is 35.2 Å². The summed E-state index contributed by atoms with van der Waals surface area (Å²) in [5, 5.41) is 0.945. The molecular formula is C15H24BrN3O. The Hall–Kier alpha value is -0.840. The van der Waals surface area contributed by atoms with Crippen molar-refractivity contribution in [2.45, 2.75) is 58.1 Å². The second-order valence-corrected chi connectivity index (χ2v) is 6.35. The van der Waals surface area contributed by atoms with Crippen LogP contribution >= 0.6 is 15.9 Å². The van der Waals surface area contributed by atoms with Crippen molar-refractivity contribution in [1.82, 2.24) is 9.97 Å². The van der Waals surface area contributed by atoms with Crippen molar-refractivity contribution in [3.05, 3.63) is 12.4 Å². The first kappa shape index (κ1) is 15.5. The number of rotatable bonds is 6. The standard InChI is InChI=1S/C15H24BrN3O/c1-12(2)20-15-11-17-10-14(18-15)19(9-8-16)13-6-4-3-5-7-13/h10-13H,3-9H2,1-2H3. The van der Waals surface area contributed by atoms with Gasteiger partial charge in [0.25, 0.3) is 0 Å². The summed E-state index contributed by atoms with van der Waals surface area (Å²) in [7, 11) is 0. The highest BCUT2D eigenvalue weighted by atomic mass is 79.9. The highest BCUT2D eigenvalue weighted by molar-refractivity contribution is 9.09. The third-order valence-electron chi connectivity index (χ3n) is 3.59. The Morgan fingerprint density at radius 2 is 2.05 bits per heavy atom. The first-order valence-corrected chi connectivity index (χ1v) is 8.64. The summed E-state index contributed by atoms with van der Waals surface area (Å²) in [5.41, 5.74) is 0. The fourth-order valence-corrected chi connectivity index (χ4v) is 3.13. The summed E-state index contributed by atoms with van der Waals surface area (Å²) < 4.78 is 5.66. The summed E-state index contributed by atoms with van der Waals surface area (Å²) in [4.78, 5) is 11.3. The minimum absolute atomic E-state index is 0.124. The van der Waals surface area contributed by atoms with Crippen molar-refractivity contribution in [3.63, 3.8) is 0 Å². The van der Waals surface area contributed by atoms with E-state index >= 15 is 0 Å². The van der Waals surface area contributed by atoms with Gasteiger partial charge < -0.3 is 9.64 Å². The molecule has 1 saturated carbocycles. The molecule has 0 N–H and O–H groups in total. The second kappa shape index (κ2) is 7.81. The van der Waals surface area contributed by atoms with Gasteiger partial charge in [-0.05, 0) is 26.7 Å². The van der Waals surface area contributed by atoms with Gasteiger partial charge in [0.05, 0.1) is 18.5 Å². The minimum Gasteiger partial charge on any atom is -0.474 e. The Balaban J connectivity index is 2.15.